The summed E-state index contributed by atoms with van der Waals surface area (Å²) in [6.45, 7) is 1.03. The molecular weight excluding hydrogens is 224 g/mol. The highest BCUT2D eigenvalue weighted by Gasteiger charge is 2.41. The SMILES string of the molecule is COCCNC(=O)C1(C(N)=S)CCCCC1. The van der Waals surface area contributed by atoms with Crippen molar-refractivity contribution in [2.24, 2.45) is 11.1 Å². The van der Waals surface area contributed by atoms with Gasteiger partial charge >= 0.3 is 0 Å². The highest BCUT2D eigenvalue weighted by Crippen LogP contribution is 2.36. The van der Waals surface area contributed by atoms with Crippen molar-refractivity contribution >= 4 is 23.1 Å². The molecule has 0 aromatic rings. The average molecular weight is 244 g/mol. The van der Waals surface area contributed by atoms with E-state index in [1.54, 1.807) is 7.11 Å². The van der Waals surface area contributed by atoms with Gasteiger partial charge in [-0.25, -0.2) is 0 Å². The van der Waals surface area contributed by atoms with Crippen LogP contribution in [-0.2, 0) is 9.53 Å². The molecule has 1 amide bonds. The molecule has 0 aliphatic heterocycles. The molecule has 1 saturated carbocycles. The Morgan fingerprint density at radius 2 is 2.06 bits per heavy atom. The van der Waals surface area contributed by atoms with Gasteiger partial charge in [-0.05, 0) is 12.8 Å². The molecule has 16 heavy (non-hydrogen) atoms. The minimum atomic E-state index is -0.610. The van der Waals surface area contributed by atoms with Crippen LogP contribution in [0.2, 0.25) is 0 Å². The number of rotatable bonds is 5. The Balaban J connectivity index is 2.61. The van der Waals surface area contributed by atoms with Crippen molar-refractivity contribution in [3.8, 4) is 0 Å². The van der Waals surface area contributed by atoms with Crippen LogP contribution in [-0.4, -0.2) is 31.2 Å². The molecule has 1 fully saturated rings. The summed E-state index contributed by atoms with van der Waals surface area (Å²) in [6.07, 6.45) is 4.77. The molecule has 0 atom stereocenters. The second kappa shape index (κ2) is 6.15. The largest absolute Gasteiger partial charge is 0.392 e. The number of amides is 1. The molecule has 0 unspecified atom stereocenters. The highest BCUT2D eigenvalue weighted by atomic mass is 32.1. The third-order valence-corrected chi connectivity index (χ3v) is 3.60. The average Bonchev–Trinajstić information content (AvgIpc) is 2.30. The first-order valence-electron chi connectivity index (χ1n) is 5.70. The predicted octanol–water partition coefficient (Wildman–Crippen LogP) is 0.986. The summed E-state index contributed by atoms with van der Waals surface area (Å²) in [5.74, 6) is -0.0308. The summed E-state index contributed by atoms with van der Waals surface area (Å²) in [6, 6.07) is 0. The number of ether oxygens (including phenoxy) is 1. The molecule has 0 saturated heterocycles. The molecule has 0 heterocycles. The Labute approximate surface area is 102 Å². The maximum atomic E-state index is 12.1. The Bertz CT molecular complexity index is 263. The lowest BCUT2D eigenvalue weighted by molar-refractivity contribution is -0.129. The van der Waals surface area contributed by atoms with Gasteiger partial charge < -0.3 is 15.8 Å². The molecule has 1 aliphatic rings. The lowest BCUT2D eigenvalue weighted by atomic mass is 9.73. The number of hydrogen-bond donors (Lipinski definition) is 2. The van der Waals surface area contributed by atoms with Crippen molar-refractivity contribution in [1.29, 1.82) is 0 Å². The molecule has 0 aromatic heterocycles. The Hall–Kier alpha value is -0.680. The lowest BCUT2D eigenvalue weighted by Crippen LogP contribution is -2.50. The molecule has 1 aliphatic carbocycles. The van der Waals surface area contributed by atoms with Gasteiger partial charge in [0.2, 0.25) is 5.91 Å². The van der Waals surface area contributed by atoms with Crippen molar-refractivity contribution in [1.82, 2.24) is 5.32 Å². The molecule has 3 N–H and O–H groups in total. The second-order valence-corrected chi connectivity index (χ2v) is 4.70. The van der Waals surface area contributed by atoms with E-state index in [2.05, 4.69) is 5.32 Å². The van der Waals surface area contributed by atoms with E-state index in [1.165, 1.54) is 0 Å². The van der Waals surface area contributed by atoms with E-state index < -0.39 is 5.41 Å². The first-order chi connectivity index (χ1) is 7.63. The zero-order chi connectivity index (χ0) is 12.0. The van der Waals surface area contributed by atoms with Crippen LogP contribution in [0.5, 0.6) is 0 Å². The molecule has 5 heteroatoms. The smallest absolute Gasteiger partial charge is 0.233 e. The van der Waals surface area contributed by atoms with Gasteiger partial charge in [-0.15, -0.1) is 0 Å². The summed E-state index contributed by atoms with van der Waals surface area (Å²) in [4.78, 5) is 12.4. The van der Waals surface area contributed by atoms with Crippen LogP contribution in [0.25, 0.3) is 0 Å². The molecule has 0 spiro atoms. The third kappa shape index (κ3) is 2.92. The summed E-state index contributed by atoms with van der Waals surface area (Å²) in [5.41, 5.74) is 5.14. The standard InChI is InChI=1S/C11H20N2O2S/c1-15-8-7-13-10(14)11(9(12)16)5-3-2-4-6-11/h2-8H2,1H3,(H2,12,16)(H,13,14). The molecule has 0 bridgehead atoms. The van der Waals surface area contributed by atoms with Crippen LogP contribution in [0.15, 0.2) is 0 Å². The maximum absolute atomic E-state index is 12.1. The van der Waals surface area contributed by atoms with Crippen molar-refractivity contribution in [2.75, 3.05) is 20.3 Å². The van der Waals surface area contributed by atoms with Crippen LogP contribution in [0.4, 0.5) is 0 Å². The molecule has 92 valence electrons. The predicted molar refractivity (Wildman–Crippen MR) is 67.2 cm³/mol. The maximum Gasteiger partial charge on any atom is 0.233 e. The van der Waals surface area contributed by atoms with Crippen LogP contribution in [0.1, 0.15) is 32.1 Å². The van der Waals surface area contributed by atoms with E-state index in [1.807, 2.05) is 0 Å². The quantitative estimate of drug-likeness (QED) is 0.559. The van der Waals surface area contributed by atoms with Crippen molar-refractivity contribution in [3.63, 3.8) is 0 Å². The Morgan fingerprint density at radius 3 is 2.56 bits per heavy atom. The van der Waals surface area contributed by atoms with Gasteiger partial charge in [-0.3, -0.25) is 4.79 Å². The van der Waals surface area contributed by atoms with E-state index in [-0.39, 0.29) is 5.91 Å². The van der Waals surface area contributed by atoms with E-state index in [9.17, 15) is 4.79 Å². The van der Waals surface area contributed by atoms with Gasteiger partial charge in [0, 0.05) is 13.7 Å². The number of nitrogens with two attached hydrogens (primary N) is 1. The lowest BCUT2D eigenvalue weighted by Gasteiger charge is -2.34. The van der Waals surface area contributed by atoms with Gasteiger partial charge in [0.1, 0.15) is 0 Å². The number of carbonyl (C=O) groups is 1. The molecule has 1 rings (SSSR count). The van der Waals surface area contributed by atoms with Crippen molar-refractivity contribution < 1.29 is 9.53 Å². The fourth-order valence-corrected chi connectivity index (χ4v) is 2.47. The molecular formula is C11H20N2O2S. The van der Waals surface area contributed by atoms with Gasteiger partial charge in [-0.1, -0.05) is 31.5 Å². The molecule has 4 nitrogen and oxygen atoms in total. The van der Waals surface area contributed by atoms with Crippen LogP contribution < -0.4 is 11.1 Å². The zero-order valence-corrected chi connectivity index (χ0v) is 10.6. The first-order valence-corrected chi connectivity index (χ1v) is 6.11. The van der Waals surface area contributed by atoms with Gasteiger partial charge in [-0.2, -0.15) is 0 Å². The Kier molecular flexibility index (Phi) is 5.15. The monoisotopic (exact) mass is 244 g/mol. The Morgan fingerprint density at radius 1 is 1.44 bits per heavy atom. The fourth-order valence-electron chi connectivity index (χ4n) is 2.18. The number of hydrogen-bond acceptors (Lipinski definition) is 3. The van der Waals surface area contributed by atoms with Gasteiger partial charge in [0.05, 0.1) is 17.0 Å². The summed E-state index contributed by atoms with van der Waals surface area (Å²) in [5, 5.41) is 2.84. The number of carbonyl (C=O) groups excluding carboxylic acids is 1. The van der Waals surface area contributed by atoms with Crippen LogP contribution in [0, 0.1) is 5.41 Å². The van der Waals surface area contributed by atoms with Crippen LogP contribution in [0.3, 0.4) is 0 Å². The number of thiocarbonyl (C=S) groups is 1. The summed E-state index contributed by atoms with van der Waals surface area (Å²) >= 11 is 5.07. The van der Waals surface area contributed by atoms with E-state index >= 15 is 0 Å². The van der Waals surface area contributed by atoms with Crippen molar-refractivity contribution in [3.05, 3.63) is 0 Å². The third-order valence-electron chi connectivity index (χ3n) is 3.21. The number of nitrogens with one attached hydrogen (secondary N) is 1. The topological polar surface area (TPSA) is 64.3 Å². The first kappa shape index (κ1) is 13.4. The molecule has 0 aromatic carbocycles. The zero-order valence-electron chi connectivity index (χ0n) is 9.75. The second-order valence-electron chi connectivity index (χ2n) is 4.26. The van der Waals surface area contributed by atoms with Gasteiger partial charge in [0.25, 0.3) is 0 Å². The van der Waals surface area contributed by atoms with E-state index in [0.717, 1.165) is 32.1 Å². The highest BCUT2D eigenvalue weighted by molar-refractivity contribution is 7.80. The minimum Gasteiger partial charge on any atom is -0.392 e. The minimum absolute atomic E-state index is 0.0308. The number of methoxy groups -OCH3 is 1. The van der Waals surface area contributed by atoms with Gasteiger partial charge in [0.15, 0.2) is 0 Å². The fraction of sp³-hybridized carbons (Fsp3) is 0.818. The summed E-state index contributed by atoms with van der Waals surface area (Å²) < 4.78 is 4.89. The normalized spacial score (nSPS) is 19.1. The van der Waals surface area contributed by atoms with Crippen molar-refractivity contribution in [2.45, 2.75) is 32.1 Å². The van der Waals surface area contributed by atoms with E-state index in [0.29, 0.717) is 18.1 Å². The van der Waals surface area contributed by atoms with E-state index in [4.69, 9.17) is 22.7 Å². The molecule has 0 radical (unpaired) electrons. The summed E-state index contributed by atoms with van der Waals surface area (Å²) in [7, 11) is 1.61. The van der Waals surface area contributed by atoms with Crippen LogP contribution >= 0.6 is 12.2 Å².